The minimum absolute atomic E-state index is 0. The average Bonchev–Trinajstić information content (AvgIpc) is 2.05. The maximum Gasteiger partial charge on any atom is 0.271 e. The maximum atomic E-state index is 10.9. The normalized spacial score (nSPS) is 13.0. The second-order valence-electron chi connectivity index (χ2n) is 2.82. The van der Waals surface area contributed by atoms with E-state index in [2.05, 4.69) is 0 Å². The van der Waals surface area contributed by atoms with Crippen LogP contribution in [0, 0.1) is 0 Å². The third kappa shape index (κ3) is 3.10. The number of rotatable bonds is 3. The Bertz CT molecular complexity index is 358. The molecule has 1 rings (SSSR count). The summed E-state index contributed by atoms with van der Waals surface area (Å²) in [6, 6.07) is 8.70. The molecule has 0 fully saturated rings. The van der Waals surface area contributed by atoms with Crippen LogP contribution in [0.4, 0.5) is 0 Å². The van der Waals surface area contributed by atoms with Gasteiger partial charge in [0.05, 0.1) is 0 Å². The molecule has 0 aliphatic carbocycles. The predicted molar refractivity (Wildman–Crippen MR) is 54.6 cm³/mol. The van der Waals surface area contributed by atoms with Crippen LogP contribution in [0.25, 0.3) is 0 Å². The van der Waals surface area contributed by atoms with Gasteiger partial charge in [-0.15, -0.1) is 0 Å². The molecule has 0 saturated carbocycles. The fourth-order valence-corrected chi connectivity index (χ4v) is 2.21. The summed E-state index contributed by atoms with van der Waals surface area (Å²) in [5.41, 5.74) is 0.632. The van der Waals surface area contributed by atoms with Gasteiger partial charge in [-0.25, -0.2) is 0 Å². The van der Waals surface area contributed by atoms with Crippen molar-refractivity contribution in [1.29, 1.82) is 0 Å². The highest BCUT2D eigenvalue weighted by atomic mass is 32.2. The summed E-state index contributed by atoms with van der Waals surface area (Å²) in [5.74, 6) is 0. The molecule has 0 aliphatic rings. The molecule has 14 heavy (non-hydrogen) atoms. The molecule has 3 N–H and O–H groups in total. The van der Waals surface area contributed by atoms with Gasteiger partial charge in [0.1, 0.15) is 5.25 Å². The smallest absolute Gasteiger partial charge is 0.271 e. The van der Waals surface area contributed by atoms with E-state index >= 15 is 0 Å². The SMILES string of the molecule is CCC(c1ccccc1)S(=O)(=O)O.O. The van der Waals surface area contributed by atoms with Gasteiger partial charge in [0.2, 0.25) is 0 Å². The van der Waals surface area contributed by atoms with Crippen LogP contribution in [0.5, 0.6) is 0 Å². The van der Waals surface area contributed by atoms with Crippen LogP contribution in [0.15, 0.2) is 30.3 Å². The summed E-state index contributed by atoms with van der Waals surface area (Å²) in [6.07, 6.45) is 0.378. The fraction of sp³-hybridized carbons (Fsp3) is 0.333. The quantitative estimate of drug-likeness (QED) is 0.773. The van der Waals surface area contributed by atoms with Crippen molar-refractivity contribution in [3.8, 4) is 0 Å². The van der Waals surface area contributed by atoms with Gasteiger partial charge in [-0.3, -0.25) is 4.55 Å². The molecular weight excluding hydrogens is 204 g/mol. The molecule has 0 aliphatic heterocycles. The first-order chi connectivity index (χ1) is 6.05. The van der Waals surface area contributed by atoms with E-state index in [1.54, 1.807) is 37.3 Å². The molecule has 4 nitrogen and oxygen atoms in total. The lowest BCUT2D eigenvalue weighted by atomic mass is 10.1. The first-order valence-corrected chi connectivity index (χ1v) is 5.57. The Labute approximate surface area is 83.6 Å². The minimum atomic E-state index is -3.97. The molecule has 80 valence electrons. The molecule has 1 unspecified atom stereocenters. The Balaban J connectivity index is 0.00000169. The largest absolute Gasteiger partial charge is 0.412 e. The van der Waals surface area contributed by atoms with E-state index in [-0.39, 0.29) is 5.48 Å². The molecule has 0 amide bonds. The van der Waals surface area contributed by atoms with Gasteiger partial charge in [0.15, 0.2) is 0 Å². The molecule has 1 atom stereocenters. The first kappa shape index (κ1) is 13.1. The van der Waals surface area contributed by atoms with E-state index in [0.29, 0.717) is 12.0 Å². The Kier molecular flexibility index (Phi) is 4.76. The van der Waals surface area contributed by atoms with Gasteiger partial charge in [-0.05, 0) is 12.0 Å². The van der Waals surface area contributed by atoms with Crippen LogP contribution in [0.2, 0.25) is 0 Å². The standard InChI is InChI=1S/C9H12O3S.H2O/c1-2-9(13(10,11)12)8-6-4-3-5-7-8;/h3-7,9H,2H2,1H3,(H,10,11,12);1H2. The van der Waals surface area contributed by atoms with E-state index in [1.165, 1.54) is 0 Å². The molecule has 1 aromatic carbocycles. The van der Waals surface area contributed by atoms with E-state index in [0.717, 1.165) is 0 Å². The summed E-state index contributed by atoms with van der Waals surface area (Å²) >= 11 is 0. The highest BCUT2D eigenvalue weighted by Crippen LogP contribution is 2.23. The maximum absolute atomic E-state index is 10.9. The summed E-state index contributed by atoms with van der Waals surface area (Å²) in [7, 11) is -3.97. The molecule has 0 spiro atoms. The lowest BCUT2D eigenvalue weighted by molar-refractivity contribution is 0.466. The topological polar surface area (TPSA) is 85.9 Å². The second-order valence-corrected chi connectivity index (χ2v) is 4.42. The van der Waals surface area contributed by atoms with Crippen LogP contribution in [0.1, 0.15) is 24.2 Å². The van der Waals surface area contributed by atoms with Gasteiger partial charge in [0.25, 0.3) is 10.1 Å². The molecule has 0 aromatic heterocycles. The lowest BCUT2D eigenvalue weighted by Crippen LogP contribution is -2.10. The zero-order chi connectivity index (χ0) is 9.90. The molecule has 0 bridgehead atoms. The molecule has 0 saturated heterocycles. The van der Waals surface area contributed by atoms with Crippen LogP contribution in [0.3, 0.4) is 0 Å². The highest BCUT2D eigenvalue weighted by Gasteiger charge is 2.22. The predicted octanol–water partition coefficient (Wildman–Crippen LogP) is 1.20. The Morgan fingerprint density at radius 3 is 2.14 bits per heavy atom. The number of hydrogen-bond donors (Lipinski definition) is 1. The molecule has 0 heterocycles. The van der Waals surface area contributed by atoms with Crippen molar-refractivity contribution in [3.63, 3.8) is 0 Å². The Morgan fingerprint density at radius 2 is 1.79 bits per heavy atom. The van der Waals surface area contributed by atoms with Gasteiger partial charge in [-0.1, -0.05) is 37.3 Å². The summed E-state index contributed by atoms with van der Waals surface area (Å²) in [5, 5.41) is -0.798. The Morgan fingerprint density at radius 1 is 1.29 bits per heavy atom. The highest BCUT2D eigenvalue weighted by molar-refractivity contribution is 7.86. The monoisotopic (exact) mass is 218 g/mol. The van der Waals surface area contributed by atoms with Gasteiger partial charge in [-0.2, -0.15) is 8.42 Å². The van der Waals surface area contributed by atoms with Crippen molar-refractivity contribution < 1.29 is 18.4 Å². The lowest BCUT2D eigenvalue weighted by Gasteiger charge is -2.10. The van der Waals surface area contributed by atoms with Crippen molar-refractivity contribution in [1.82, 2.24) is 0 Å². The molecule has 5 heteroatoms. The van der Waals surface area contributed by atoms with Crippen molar-refractivity contribution in [2.75, 3.05) is 0 Å². The van der Waals surface area contributed by atoms with E-state index in [1.807, 2.05) is 0 Å². The second kappa shape index (κ2) is 5.09. The van der Waals surface area contributed by atoms with Crippen LogP contribution < -0.4 is 0 Å². The molecular formula is C9H14O4S. The van der Waals surface area contributed by atoms with Crippen LogP contribution in [-0.2, 0) is 10.1 Å². The van der Waals surface area contributed by atoms with E-state index in [4.69, 9.17) is 4.55 Å². The van der Waals surface area contributed by atoms with Crippen LogP contribution in [-0.4, -0.2) is 18.4 Å². The van der Waals surface area contributed by atoms with Crippen molar-refractivity contribution in [2.24, 2.45) is 0 Å². The van der Waals surface area contributed by atoms with E-state index in [9.17, 15) is 8.42 Å². The zero-order valence-corrected chi connectivity index (χ0v) is 8.66. The summed E-state index contributed by atoms with van der Waals surface area (Å²) < 4.78 is 30.7. The number of hydrogen-bond acceptors (Lipinski definition) is 2. The Hall–Kier alpha value is -0.910. The first-order valence-electron chi connectivity index (χ1n) is 4.07. The van der Waals surface area contributed by atoms with Crippen molar-refractivity contribution in [2.45, 2.75) is 18.6 Å². The van der Waals surface area contributed by atoms with E-state index < -0.39 is 15.4 Å². The van der Waals surface area contributed by atoms with Gasteiger partial charge >= 0.3 is 0 Å². The third-order valence-corrected chi connectivity index (χ3v) is 3.23. The van der Waals surface area contributed by atoms with Gasteiger partial charge < -0.3 is 5.48 Å². The minimum Gasteiger partial charge on any atom is -0.412 e. The van der Waals surface area contributed by atoms with Crippen LogP contribution >= 0.6 is 0 Å². The summed E-state index contributed by atoms with van der Waals surface area (Å²) in [6.45, 7) is 1.73. The van der Waals surface area contributed by atoms with Crippen molar-refractivity contribution >= 4 is 10.1 Å². The molecule has 0 radical (unpaired) electrons. The third-order valence-electron chi connectivity index (χ3n) is 1.90. The number of benzene rings is 1. The zero-order valence-electron chi connectivity index (χ0n) is 7.84. The van der Waals surface area contributed by atoms with Crippen molar-refractivity contribution in [3.05, 3.63) is 35.9 Å². The average molecular weight is 218 g/mol. The van der Waals surface area contributed by atoms with Gasteiger partial charge in [0, 0.05) is 0 Å². The summed E-state index contributed by atoms with van der Waals surface area (Å²) in [4.78, 5) is 0. The fourth-order valence-electron chi connectivity index (χ4n) is 1.29. The molecule has 1 aromatic rings.